The maximum absolute atomic E-state index is 12.9. The minimum atomic E-state index is -0.495. The van der Waals surface area contributed by atoms with E-state index in [0.717, 1.165) is 6.42 Å². The lowest BCUT2D eigenvalue weighted by molar-refractivity contribution is 0.0842. The summed E-state index contributed by atoms with van der Waals surface area (Å²) in [7, 11) is 0. The molecule has 0 saturated carbocycles. The molecule has 2 aromatic carbocycles. The van der Waals surface area contributed by atoms with Crippen LogP contribution in [0.4, 0.5) is 0 Å². The molecule has 0 aromatic heterocycles. The first kappa shape index (κ1) is 14.8. The summed E-state index contributed by atoms with van der Waals surface area (Å²) in [5.41, 5.74) is 1.54. The molecule has 24 heavy (non-hydrogen) atoms. The molecule has 2 aliphatic rings. The molecule has 0 bridgehead atoms. The van der Waals surface area contributed by atoms with Gasteiger partial charge in [-0.2, -0.15) is 0 Å². The maximum Gasteiger partial charge on any atom is 0.258 e. The second-order valence-corrected chi connectivity index (χ2v) is 6.33. The molecule has 1 aliphatic heterocycles. The van der Waals surface area contributed by atoms with E-state index in [-0.39, 0.29) is 23.9 Å². The van der Waals surface area contributed by atoms with E-state index < -0.39 is 11.8 Å². The van der Waals surface area contributed by atoms with Crippen molar-refractivity contribution in [3.8, 4) is 0 Å². The van der Waals surface area contributed by atoms with Gasteiger partial charge in [0.15, 0.2) is 11.6 Å². The Morgan fingerprint density at radius 2 is 1.42 bits per heavy atom. The third-order valence-electron chi connectivity index (χ3n) is 4.88. The van der Waals surface area contributed by atoms with Crippen LogP contribution in [0.25, 0.3) is 10.8 Å². The topological polar surface area (TPSA) is 80.3 Å². The van der Waals surface area contributed by atoms with Gasteiger partial charge in [-0.15, -0.1) is 0 Å². The third-order valence-corrected chi connectivity index (χ3v) is 4.88. The van der Waals surface area contributed by atoms with Gasteiger partial charge in [0, 0.05) is 45.4 Å². The number of nitrogens with one attached hydrogen (secondary N) is 1. The van der Waals surface area contributed by atoms with Gasteiger partial charge in [-0.1, -0.05) is 13.3 Å². The number of hydrogen-bond donors (Lipinski definition) is 1. The SMILES string of the molecule is CCCC1CC(=O)c2ccc3c4c(ccc(c24)C1=O)C(=O)NC3=O. The van der Waals surface area contributed by atoms with E-state index in [2.05, 4.69) is 5.32 Å². The van der Waals surface area contributed by atoms with Crippen molar-refractivity contribution in [2.75, 3.05) is 0 Å². The molecule has 1 heterocycles. The van der Waals surface area contributed by atoms with Gasteiger partial charge in [0.2, 0.25) is 0 Å². The number of imide groups is 1. The number of ketones is 2. The lowest BCUT2D eigenvalue weighted by atomic mass is 9.87. The molecule has 0 fully saturated rings. The molecule has 2 aromatic rings. The van der Waals surface area contributed by atoms with Crippen LogP contribution in [0, 0.1) is 5.92 Å². The van der Waals surface area contributed by atoms with Crippen LogP contribution in [0.5, 0.6) is 0 Å². The fraction of sp³-hybridized carbons (Fsp3) is 0.263. The molecule has 0 radical (unpaired) electrons. The molecule has 1 unspecified atom stereocenters. The van der Waals surface area contributed by atoms with E-state index in [1.54, 1.807) is 24.3 Å². The van der Waals surface area contributed by atoms with Crippen LogP contribution in [0.2, 0.25) is 0 Å². The van der Waals surface area contributed by atoms with Crippen LogP contribution in [0.15, 0.2) is 24.3 Å². The van der Waals surface area contributed by atoms with Crippen molar-refractivity contribution in [1.29, 1.82) is 0 Å². The lowest BCUT2D eigenvalue weighted by Gasteiger charge is -2.19. The van der Waals surface area contributed by atoms with E-state index in [4.69, 9.17) is 0 Å². The second-order valence-electron chi connectivity index (χ2n) is 6.33. The Morgan fingerprint density at radius 1 is 0.875 bits per heavy atom. The highest BCUT2D eigenvalue weighted by atomic mass is 16.2. The highest BCUT2D eigenvalue weighted by Crippen LogP contribution is 2.37. The molecule has 5 nitrogen and oxygen atoms in total. The van der Waals surface area contributed by atoms with E-state index in [1.165, 1.54) is 0 Å². The minimum Gasteiger partial charge on any atom is -0.294 e. The predicted molar refractivity (Wildman–Crippen MR) is 87.4 cm³/mol. The van der Waals surface area contributed by atoms with Crippen molar-refractivity contribution in [3.63, 3.8) is 0 Å². The fourth-order valence-corrected chi connectivity index (χ4v) is 3.78. The zero-order chi connectivity index (χ0) is 17.0. The molecule has 120 valence electrons. The van der Waals surface area contributed by atoms with Crippen molar-refractivity contribution in [2.45, 2.75) is 26.2 Å². The minimum absolute atomic E-state index is 0.0777. The van der Waals surface area contributed by atoms with E-state index in [0.29, 0.717) is 39.4 Å². The first-order chi connectivity index (χ1) is 11.5. The van der Waals surface area contributed by atoms with Gasteiger partial charge >= 0.3 is 0 Å². The van der Waals surface area contributed by atoms with Crippen molar-refractivity contribution in [3.05, 3.63) is 46.5 Å². The summed E-state index contributed by atoms with van der Waals surface area (Å²) in [5, 5.41) is 3.18. The predicted octanol–water partition coefficient (Wildman–Crippen LogP) is 2.91. The molecule has 0 spiro atoms. The Balaban J connectivity index is 2.11. The summed E-state index contributed by atoms with van der Waals surface area (Å²) in [5.74, 6) is -1.52. The van der Waals surface area contributed by atoms with E-state index in [9.17, 15) is 19.2 Å². The van der Waals surface area contributed by atoms with Crippen molar-refractivity contribution < 1.29 is 19.2 Å². The van der Waals surface area contributed by atoms with Gasteiger partial charge in [0.25, 0.3) is 11.8 Å². The summed E-state index contributed by atoms with van der Waals surface area (Å²) in [6.07, 6.45) is 1.63. The number of benzene rings is 2. The van der Waals surface area contributed by atoms with E-state index >= 15 is 0 Å². The summed E-state index contributed by atoms with van der Waals surface area (Å²) < 4.78 is 0. The Morgan fingerprint density at radius 3 is 2.04 bits per heavy atom. The normalized spacial score (nSPS) is 19.5. The largest absolute Gasteiger partial charge is 0.294 e. The monoisotopic (exact) mass is 321 g/mol. The molecule has 5 heteroatoms. The third kappa shape index (κ3) is 1.87. The second kappa shape index (κ2) is 5.09. The first-order valence-electron chi connectivity index (χ1n) is 8.05. The molecular formula is C19H15NO4. The Labute approximate surface area is 138 Å². The molecule has 4 rings (SSSR count). The quantitative estimate of drug-likeness (QED) is 0.862. The number of rotatable bonds is 2. The van der Waals surface area contributed by atoms with Gasteiger partial charge in [0.05, 0.1) is 0 Å². The van der Waals surface area contributed by atoms with Crippen LogP contribution < -0.4 is 5.32 Å². The van der Waals surface area contributed by atoms with Gasteiger partial charge in [0.1, 0.15) is 0 Å². The van der Waals surface area contributed by atoms with Crippen LogP contribution in [-0.2, 0) is 0 Å². The molecule has 2 amide bonds. The van der Waals surface area contributed by atoms with Crippen LogP contribution in [0.3, 0.4) is 0 Å². The average molecular weight is 321 g/mol. The summed E-state index contributed by atoms with van der Waals surface area (Å²) in [6, 6.07) is 6.35. The highest BCUT2D eigenvalue weighted by molar-refractivity contribution is 6.31. The highest BCUT2D eigenvalue weighted by Gasteiger charge is 2.34. The van der Waals surface area contributed by atoms with Gasteiger partial charge in [-0.25, -0.2) is 0 Å². The average Bonchev–Trinajstić information content (AvgIpc) is 2.66. The van der Waals surface area contributed by atoms with Crippen molar-refractivity contribution >= 4 is 34.2 Å². The molecular weight excluding hydrogens is 306 g/mol. The molecule has 1 aliphatic carbocycles. The molecule has 1 atom stereocenters. The number of carbonyl (C=O) groups excluding carboxylic acids is 4. The lowest BCUT2D eigenvalue weighted by Crippen LogP contribution is -2.35. The van der Waals surface area contributed by atoms with Crippen LogP contribution >= 0.6 is 0 Å². The van der Waals surface area contributed by atoms with Gasteiger partial charge < -0.3 is 0 Å². The number of hydrogen-bond acceptors (Lipinski definition) is 4. The molecule has 0 saturated heterocycles. The van der Waals surface area contributed by atoms with E-state index in [1.807, 2.05) is 6.92 Å². The summed E-state index contributed by atoms with van der Waals surface area (Å²) in [4.78, 5) is 49.8. The summed E-state index contributed by atoms with van der Waals surface area (Å²) in [6.45, 7) is 1.98. The van der Waals surface area contributed by atoms with Gasteiger partial charge in [-0.3, -0.25) is 24.5 Å². The zero-order valence-corrected chi connectivity index (χ0v) is 13.1. The van der Waals surface area contributed by atoms with Crippen molar-refractivity contribution in [1.82, 2.24) is 5.32 Å². The Kier molecular flexibility index (Phi) is 3.13. The maximum atomic E-state index is 12.9. The zero-order valence-electron chi connectivity index (χ0n) is 13.1. The molecule has 1 N–H and O–H groups in total. The summed E-state index contributed by atoms with van der Waals surface area (Å²) >= 11 is 0. The van der Waals surface area contributed by atoms with Crippen LogP contribution in [-0.4, -0.2) is 23.4 Å². The first-order valence-corrected chi connectivity index (χ1v) is 8.05. The van der Waals surface area contributed by atoms with Gasteiger partial charge in [-0.05, 0) is 30.7 Å². The number of Topliss-reactive ketones (excluding diaryl/α,β-unsaturated/α-hetero) is 2. The standard InChI is InChI=1S/C19H15NO4/c1-2-3-9-8-14(21)10-4-6-12-16-13(19(24)20-18(12)23)7-5-11(15(10)16)17(9)22/h4-7,9H,2-3,8H2,1H3,(H,20,23,24). The number of carbonyl (C=O) groups is 4. The number of amides is 2. The van der Waals surface area contributed by atoms with Crippen molar-refractivity contribution in [2.24, 2.45) is 5.92 Å². The fourth-order valence-electron chi connectivity index (χ4n) is 3.78. The smallest absolute Gasteiger partial charge is 0.258 e. The Hall–Kier alpha value is -2.82. The van der Waals surface area contributed by atoms with Crippen LogP contribution in [0.1, 0.15) is 67.6 Å². The Bertz CT molecular complexity index is 937.